The Morgan fingerprint density at radius 2 is 1.88 bits per heavy atom. The number of carbonyl (C=O) groups is 1. The van der Waals surface area contributed by atoms with Crippen molar-refractivity contribution in [2.75, 3.05) is 6.54 Å². The summed E-state index contributed by atoms with van der Waals surface area (Å²) < 4.78 is 0. The molecule has 5 heteroatoms. The van der Waals surface area contributed by atoms with Gasteiger partial charge in [-0.05, 0) is 48.1 Å². The predicted octanol–water partition coefficient (Wildman–Crippen LogP) is 3.47. The van der Waals surface area contributed by atoms with Crippen molar-refractivity contribution in [3.63, 3.8) is 0 Å². The van der Waals surface area contributed by atoms with E-state index in [1.807, 2.05) is 54.6 Å². The topological polar surface area (TPSA) is 62.0 Å². The lowest BCUT2D eigenvalue weighted by molar-refractivity contribution is -0.121. The molecule has 0 bridgehead atoms. The molecule has 3 aromatic rings. The summed E-state index contributed by atoms with van der Waals surface area (Å²) >= 11 is 5.94. The van der Waals surface area contributed by atoms with Crippen LogP contribution in [0.2, 0.25) is 5.02 Å². The van der Waals surface area contributed by atoms with Gasteiger partial charge in [0.2, 0.25) is 5.91 Å². The van der Waals surface area contributed by atoms with Crippen molar-refractivity contribution in [1.82, 2.24) is 10.3 Å². The molecule has 0 saturated carbocycles. The summed E-state index contributed by atoms with van der Waals surface area (Å²) in [5, 5.41) is 4.55. The third-order valence-electron chi connectivity index (χ3n) is 4.08. The van der Waals surface area contributed by atoms with E-state index in [9.17, 15) is 9.59 Å². The summed E-state index contributed by atoms with van der Waals surface area (Å²) in [6.07, 6.45) is 1.43. The van der Waals surface area contributed by atoms with Crippen LogP contribution in [0.25, 0.3) is 10.9 Å². The fraction of sp³-hybridized carbons (Fsp3) is 0.200. The quantitative estimate of drug-likeness (QED) is 0.712. The van der Waals surface area contributed by atoms with Gasteiger partial charge in [-0.1, -0.05) is 41.9 Å². The molecule has 4 nitrogen and oxygen atoms in total. The Balaban J connectivity index is 1.52. The van der Waals surface area contributed by atoms with E-state index in [0.717, 1.165) is 22.9 Å². The molecule has 1 amide bonds. The van der Waals surface area contributed by atoms with Gasteiger partial charge in [0.25, 0.3) is 5.56 Å². The molecular weight excluding hydrogens is 336 g/mol. The van der Waals surface area contributed by atoms with Crippen molar-refractivity contribution >= 4 is 28.4 Å². The summed E-state index contributed by atoms with van der Waals surface area (Å²) in [6, 6.07) is 17.1. The molecule has 3 rings (SSSR count). The zero-order valence-electron chi connectivity index (χ0n) is 13.7. The first kappa shape index (κ1) is 17.2. The molecule has 2 aromatic carbocycles. The van der Waals surface area contributed by atoms with Crippen molar-refractivity contribution < 1.29 is 4.79 Å². The van der Waals surface area contributed by atoms with E-state index in [1.165, 1.54) is 0 Å². The molecule has 0 fully saturated rings. The molecule has 1 aromatic heterocycles. The van der Waals surface area contributed by atoms with E-state index in [4.69, 9.17) is 11.6 Å². The van der Waals surface area contributed by atoms with E-state index in [1.54, 1.807) is 0 Å². The third kappa shape index (κ3) is 4.70. The van der Waals surface area contributed by atoms with Crippen LogP contribution >= 0.6 is 11.6 Å². The Labute approximate surface area is 150 Å². The molecule has 128 valence electrons. The minimum Gasteiger partial charge on any atom is -0.356 e. The number of amides is 1. The molecule has 0 saturated heterocycles. The molecule has 0 radical (unpaired) electrons. The van der Waals surface area contributed by atoms with E-state index in [-0.39, 0.29) is 17.9 Å². The number of pyridine rings is 1. The molecule has 1 heterocycles. The van der Waals surface area contributed by atoms with Crippen LogP contribution in [0.4, 0.5) is 0 Å². The van der Waals surface area contributed by atoms with Gasteiger partial charge in [-0.2, -0.15) is 0 Å². The average Bonchev–Trinajstić information content (AvgIpc) is 2.60. The largest absolute Gasteiger partial charge is 0.356 e. The SMILES string of the molecule is O=C(CCc1cc2ccccc2[nH]c1=O)NCCc1cccc(Cl)c1. The number of aromatic amines is 1. The highest BCUT2D eigenvalue weighted by molar-refractivity contribution is 6.30. The van der Waals surface area contributed by atoms with Crippen LogP contribution in [0.15, 0.2) is 59.4 Å². The van der Waals surface area contributed by atoms with Gasteiger partial charge in [0.15, 0.2) is 0 Å². The lowest BCUT2D eigenvalue weighted by Crippen LogP contribution is -2.26. The molecule has 0 aliphatic heterocycles. The maximum atomic E-state index is 12.1. The highest BCUT2D eigenvalue weighted by atomic mass is 35.5. The number of fused-ring (bicyclic) bond motifs is 1. The van der Waals surface area contributed by atoms with Crippen LogP contribution in [0.1, 0.15) is 17.5 Å². The number of rotatable bonds is 6. The second-order valence-corrected chi connectivity index (χ2v) is 6.38. The van der Waals surface area contributed by atoms with Crippen molar-refractivity contribution in [1.29, 1.82) is 0 Å². The summed E-state index contributed by atoms with van der Waals surface area (Å²) in [5.74, 6) is -0.0606. The second-order valence-electron chi connectivity index (χ2n) is 5.94. The summed E-state index contributed by atoms with van der Waals surface area (Å²) in [5.41, 5.74) is 2.38. The third-order valence-corrected chi connectivity index (χ3v) is 4.31. The lowest BCUT2D eigenvalue weighted by atomic mass is 10.1. The van der Waals surface area contributed by atoms with Crippen LogP contribution in [0, 0.1) is 0 Å². The zero-order chi connectivity index (χ0) is 17.6. The Morgan fingerprint density at radius 3 is 2.72 bits per heavy atom. The Bertz CT molecular complexity index is 950. The minimum absolute atomic E-state index is 0.0606. The van der Waals surface area contributed by atoms with Crippen molar-refractivity contribution in [3.05, 3.63) is 81.1 Å². The number of H-pyrrole nitrogens is 1. The fourth-order valence-electron chi connectivity index (χ4n) is 2.75. The maximum absolute atomic E-state index is 12.1. The van der Waals surface area contributed by atoms with Crippen LogP contribution in [0.5, 0.6) is 0 Å². The highest BCUT2D eigenvalue weighted by Gasteiger charge is 2.07. The maximum Gasteiger partial charge on any atom is 0.251 e. The van der Waals surface area contributed by atoms with Crippen molar-refractivity contribution in [3.8, 4) is 0 Å². The molecule has 0 unspecified atom stereocenters. The Hall–Kier alpha value is -2.59. The van der Waals surface area contributed by atoms with Gasteiger partial charge in [-0.15, -0.1) is 0 Å². The first-order chi connectivity index (χ1) is 12.1. The van der Waals surface area contributed by atoms with Crippen LogP contribution in [-0.4, -0.2) is 17.4 Å². The fourth-order valence-corrected chi connectivity index (χ4v) is 2.97. The van der Waals surface area contributed by atoms with Gasteiger partial charge < -0.3 is 10.3 Å². The number of benzene rings is 2. The van der Waals surface area contributed by atoms with Crippen molar-refractivity contribution in [2.24, 2.45) is 0 Å². The highest BCUT2D eigenvalue weighted by Crippen LogP contribution is 2.12. The predicted molar refractivity (Wildman–Crippen MR) is 101 cm³/mol. The van der Waals surface area contributed by atoms with Crippen LogP contribution < -0.4 is 10.9 Å². The number of nitrogens with one attached hydrogen (secondary N) is 2. The first-order valence-corrected chi connectivity index (χ1v) is 8.62. The van der Waals surface area contributed by atoms with E-state index < -0.39 is 0 Å². The van der Waals surface area contributed by atoms with E-state index in [0.29, 0.717) is 23.6 Å². The number of para-hydroxylation sites is 1. The lowest BCUT2D eigenvalue weighted by Gasteiger charge is -2.06. The van der Waals surface area contributed by atoms with Gasteiger partial charge >= 0.3 is 0 Å². The standard InChI is InChI=1S/C20H19ClN2O2/c21-17-6-3-4-14(12-17)10-11-22-19(24)9-8-16-13-15-5-1-2-7-18(15)23-20(16)25/h1-7,12-13H,8-11H2,(H,22,24)(H,23,25). The molecule has 0 aliphatic rings. The first-order valence-electron chi connectivity index (χ1n) is 8.24. The molecule has 0 aliphatic carbocycles. The monoisotopic (exact) mass is 354 g/mol. The molecule has 25 heavy (non-hydrogen) atoms. The number of aryl methyl sites for hydroxylation is 1. The van der Waals surface area contributed by atoms with E-state index >= 15 is 0 Å². The smallest absolute Gasteiger partial charge is 0.251 e. The number of hydrogen-bond acceptors (Lipinski definition) is 2. The normalized spacial score (nSPS) is 10.8. The summed E-state index contributed by atoms with van der Waals surface area (Å²) in [6.45, 7) is 0.549. The number of carbonyl (C=O) groups excluding carboxylic acids is 1. The Kier molecular flexibility index (Phi) is 5.51. The number of halogens is 1. The molecular formula is C20H19ClN2O2. The van der Waals surface area contributed by atoms with Gasteiger partial charge in [0.05, 0.1) is 0 Å². The number of aromatic nitrogens is 1. The minimum atomic E-state index is -0.134. The van der Waals surface area contributed by atoms with Crippen molar-refractivity contribution in [2.45, 2.75) is 19.3 Å². The Morgan fingerprint density at radius 1 is 1.04 bits per heavy atom. The van der Waals surface area contributed by atoms with Crippen LogP contribution in [-0.2, 0) is 17.6 Å². The van der Waals surface area contributed by atoms with Gasteiger partial charge in [-0.25, -0.2) is 0 Å². The summed E-state index contributed by atoms with van der Waals surface area (Å²) in [4.78, 5) is 26.9. The zero-order valence-corrected chi connectivity index (χ0v) is 14.5. The van der Waals surface area contributed by atoms with Crippen LogP contribution in [0.3, 0.4) is 0 Å². The van der Waals surface area contributed by atoms with Gasteiger partial charge in [0.1, 0.15) is 0 Å². The van der Waals surface area contributed by atoms with Gasteiger partial charge in [0, 0.05) is 29.1 Å². The molecule has 0 spiro atoms. The summed E-state index contributed by atoms with van der Waals surface area (Å²) in [7, 11) is 0. The van der Waals surface area contributed by atoms with Gasteiger partial charge in [-0.3, -0.25) is 9.59 Å². The average molecular weight is 355 g/mol. The molecule has 0 atom stereocenters. The second kappa shape index (κ2) is 7.99. The molecule has 2 N–H and O–H groups in total. The van der Waals surface area contributed by atoms with E-state index in [2.05, 4.69) is 10.3 Å². The number of hydrogen-bond donors (Lipinski definition) is 2.